The Balaban J connectivity index is 1.64. The van der Waals surface area contributed by atoms with Crippen LogP contribution in [0.5, 0.6) is 11.5 Å². The van der Waals surface area contributed by atoms with Crippen molar-refractivity contribution in [1.82, 2.24) is 10.6 Å². The van der Waals surface area contributed by atoms with Gasteiger partial charge in [-0.1, -0.05) is 12.1 Å². The second-order valence-corrected chi connectivity index (χ2v) is 4.52. The third kappa shape index (κ3) is 5.06. The Labute approximate surface area is 133 Å². The topological polar surface area (TPSA) is 89.8 Å². The Hall–Kier alpha value is -2.96. The molecule has 1 aromatic carbocycles. The molecule has 122 valence electrons. The number of furan rings is 1. The maximum absolute atomic E-state index is 11.7. The second kappa shape index (κ2) is 8.47. The first-order valence-electron chi connectivity index (χ1n) is 7.05. The fourth-order valence-electron chi connectivity index (χ4n) is 1.81. The molecule has 7 heteroatoms. The number of ether oxygens (including phenoxy) is 2. The molecule has 1 aromatic heterocycles. The van der Waals surface area contributed by atoms with Gasteiger partial charge in [-0.15, -0.1) is 0 Å². The zero-order chi connectivity index (χ0) is 16.5. The number of hydrogen-bond acceptors (Lipinski definition) is 5. The zero-order valence-corrected chi connectivity index (χ0v) is 12.7. The van der Waals surface area contributed by atoms with Crippen molar-refractivity contribution >= 4 is 11.8 Å². The van der Waals surface area contributed by atoms with Crippen molar-refractivity contribution in [1.29, 1.82) is 0 Å². The van der Waals surface area contributed by atoms with Crippen LogP contribution in [0, 0.1) is 0 Å². The normalized spacial score (nSPS) is 9.96. The van der Waals surface area contributed by atoms with E-state index in [9.17, 15) is 9.59 Å². The molecule has 7 nitrogen and oxygen atoms in total. The Kier molecular flexibility index (Phi) is 6.05. The summed E-state index contributed by atoms with van der Waals surface area (Å²) in [6.07, 6.45) is 1.42. The average Bonchev–Trinajstić information content (AvgIpc) is 3.11. The molecule has 0 saturated heterocycles. The van der Waals surface area contributed by atoms with E-state index >= 15 is 0 Å². The fourth-order valence-corrected chi connectivity index (χ4v) is 1.81. The maximum Gasteiger partial charge on any atom is 0.287 e. The molecule has 0 saturated carbocycles. The first kappa shape index (κ1) is 16.4. The molecule has 0 atom stereocenters. The third-order valence-corrected chi connectivity index (χ3v) is 2.91. The number of nitrogens with one attached hydrogen (secondary N) is 2. The van der Waals surface area contributed by atoms with Gasteiger partial charge in [-0.05, 0) is 24.3 Å². The Morgan fingerprint density at radius 1 is 1.04 bits per heavy atom. The number of rotatable bonds is 8. The largest absolute Gasteiger partial charge is 0.493 e. The lowest BCUT2D eigenvalue weighted by atomic mass is 10.3. The second-order valence-electron chi connectivity index (χ2n) is 4.52. The predicted molar refractivity (Wildman–Crippen MR) is 82.5 cm³/mol. The lowest BCUT2D eigenvalue weighted by Crippen LogP contribution is -2.36. The standard InChI is InChI=1S/C16H18N2O5/c1-21-12-5-2-3-6-13(12)23-11-15(19)17-8-9-18-16(20)14-7-4-10-22-14/h2-7,10H,8-9,11H2,1H3,(H,17,19)(H,18,20). The number of carbonyl (C=O) groups is 2. The summed E-state index contributed by atoms with van der Waals surface area (Å²) in [5.41, 5.74) is 0. The summed E-state index contributed by atoms with van der Waals surface area (Å²) >= 11 is 0. The smallest absolute Gasteiger partial charge is 0.287 e. The summed E-state index contributed by atoms with van der Waals surface area (Å²) < 4.78 is 15.5. The Bertz CT molecular complexity index is 640. The van der Waals surface area contributed by atoms with Gasteiger partial charge >= 0.3 is 0 Å². The number of amides is 2. The monoisotopic (exact) mass is 318 g/mol. The van der Waals surface area contributed by atoms with Crippen molar-refractivity contribution in [2.24, 2.45) is 0 Å². The van der Waals surface area contributed by atoms with Crippen LogP contribution in [0.4, 0.5) is 0 Å². The van der Waals surface area contributed by atoms with Crippen molar-refractivity contribution < 1.29 is 23.5 Å². The average molecular weight is 318 g/mol. The number of hydrogen-bond donors (Lipinski definition) is 2. The van der Waals surface area contributed by atoms with Crippen molar-refractivity contribution in [3.05, 3.63) is 48.4 Å². The molecule has 0 aliphatic rings. The quantitative estimate of drug-likeness (QED) is 0.714. The minimum atomic E-state index is -0.325. The van der Waals surface area contributed by atoms with Crippen LogP contribution in [0.3, 0.4) is 0 Å². The third-order valence-electron chi connectivity index (χ3n) is 2.91. The summed E-state index contributed by atoms with van der Waals surface area (Å²) in [5, 5.41) is 5.27. The molecule has 2 rings (SSSR count). The van der Waals surface area contributed by atoms with Gasteiger partial charge in [-0.2, -0.15) is 0 Å². The molecule has 2 amide bonds. The van der Waals surface area contributed by atoms with E-state index < -0.39 is 0 Å². The van der Waals surface area contributed by atoms with E-state index in [4.69, 9.17) is 13.9 Å². The molecule has 0 aliphatic carbocycles. The van der Waals surface area contributed by atoms with E-state index in [0.29, 0.717) is 24.6 Å². The molecule has 23 heavy (non-hydrogen) atoms. The van der Waals surface area contributed by atoms with Crippen molar-refractivity contribution in [2.45, 2.75) is 0 Å². The van der Waals surface area contributed by atoms with Gasteiger partial charge in [0, 0.05) is 13.1 Å². The number of carbonyl (C=O) groups excluding carboxylic acids is 2. The number of methoxy groups -OCH3 is 1. The highest BCUT2D eigenvalue weighted by molar-refractivity contribution is 5.91. The molecule has 0 spiro atoms. The summed E-state index contributed by atoms with van der Waals surface area (Å²) in [6.45, 7) is 0.451. The summed E-state index contributed by atoms with van der Waals surface area (Å²) in [7, 11) is 1.53. The van der Waals surface area contributed by atoms with E-state index in [0.717, 1.165) is 0 Å². The van der Waals surface area contributed by atoms with Crippen LogP contribution in [-0.4, -0.2) is 38.6 Å². The van der Waals surface area contributed by atoms with Crippen LogP contribution in [0.2, 0.25) is 0 Å². The van der Waals surface area contributed by atoms with Gasteiger partial charge in [0.2, 0.25) is 0 Å². The molecule has 0 bridgehead atoms. The van der Waals surface area contributed by atoms with Crippen molar-refractivity contribution in [2.75, 3.05) is 26.8 Å². The van der Waals surface area contributed by atoms with E-state index in [-0.39, 0.29) is 24.2 Å². The molecular weight excluding hydrogens is 300 g/mol. The van der Waals surface area contributed by atoms with Crippen molar-refractivity contribution in [3.8, 4) is 11.5 Å². The zero-order valence-electron chi connectivity index (χ0n) is 12.7. The fraction of sp³-hybridized carbons (Fsp3) is 0.250. The van der Waals surface area contributed by atoms with Crippen LogP contribution in [0.1, 0.15) is 10.6 Å². The SMILES string of the molecule is COc1ccccc1OCC(=O)NCCNC(=O)c1ccco1. The lowest BCUT2D eigenvalue weighted by molar-refractivity contribution is -0.123. The predicted octanol–water partition coefficient (Wildman–Crippen LogP) is 1.21. The van der Waals surface area contributed by atoms with E-state index in [1.165, 1.54) is 13.4 Å². The van der Waals surface area contributed by atoms with Gasteiger partial charge in [-0.3, -0.25) is 9.59 Å². The highest BCUT2D eigenvalue weighted by atomic mass is 16.5. The molecule has 1 heterocycles. The molecule has 0 aliphatic heterocycles. The van der Waals surface area contributed by atoms with E-state index in [2.05, 4.69) is 10.6 Å². The number of benzene rings is 1. The highest BCUT2D eigenvalue weighted by Crippen LogP contribution is 2.25. The summed E-state index contributed by atoms with van der Waals surface area (Å²) in [6, 6.07) is 10.3. The van der Waals surface area contributed by atoms with Gasteiger partial charge in [-0.25, -0.2) is 0 Å². The van der Waals surface area contributed by atoms with Crippen LogP contribution in [0.15, 0.2) is 47.1 Å². The minimum absolute atomic E-state index is 0.132. The minimum Gasteiger partial charge on any atom is -0.493 e. The molecule has 0 unspecified atom stereocenters. The van der Waals surface area contributed by atoms with E-state index in [1.54, 1.807) is 30.3 Å². The van der Waals surface area contributed by atoms with Gasteiger partial charge in [0.1, 0.15) is 0 Å². The van der Waals surface area contributed by atoms with Gasteiger partial charge in [0.15, 0.2) is 23.9 Å². The van der Waals surface area contributed by atoms with Crippen LogP contribution in [0.25, 0.3) is 0 Å². The van der Waals surface area contributed by atoms with Crippen LogP contribution in [-0.2, 0) is 4.79 Å². The van der Waals surface area contributed by atoms with Gasteiger partial charge in [0.05, 0.1) is 13.4 Å². The Morgan fingerprint density at radius 2 is 1.78 bits per heavy atom. The summed E-state index contributed by atoms with van der Waals surface area (Å²) in [4.78, 5) is 23.3. The molecular formula is C16H18N2O5. The molecule has 0 radical (unpaired) electrons. The van der Waals surface area contributed by atoms with Gasteiger partial charge < -0.3 is 24.5 Å². The van der Waals surface area contributed by atoms with Crippen molar-refractivity contribution in [3.63, 3.8) is 0 Å². The molecule has 0 fully saturated rings. The van der Waals surface area contributed by atoms with Gasteiger partial charge in [0.25, 0.3) is 11.8 Å². The molecule has 2 N–H and O–H groups in total. The maximum atomic E-state index is 11.7. The number of para-hydroxylation sites is 2. The lowest BCUT2D eigenvalue weighted by Gasteiger charge is -2.10. The highest BCUT2D eigenvalue weighted by Gasteiger charge is 2.08. The summed E-state index contributed by atoms with van der Waals surface area (Å²) in [5.74, 6) is 0.677. The van der Waals surface area contributed by atoms with E-state index in [1.807, 2.05) is 6.07 Å². The first-order chi connectivity index (χ1) is 11.2. The Morgan fingerprint density at radius 3 is 2.48 bits per heavy atom. The molecule has 2 aromatic rings. The van der Waals surface area contributed by atoms with Crippen LogP contribution < -0.4 is 20.1 Å². The first-order valence-corrected chi connectivity index (χ1v) is 7.05. The van der Waals surface area contributed by atoms with Crippen LogP contribution >= 0.6 is 0 Å².